The minimum atomic E-state index is 0.374. The molecule has 2 heterocycles. The van der Waals surface area contributed by atoms with Gasteiger partial charge in [0.25, 0.3) is 0 Å². The quantitative estimate of drug-likeness (QED) is 0.882. The van der Waals surface area contributed by atoms with E-state index in [0.717, 1.165) is 12.1 Å². The van der Waals surface area contributed by atoms with E-state index >= 15 is 0 Å². The lowest BCUT2D eigenvalue weighted by atomic mass is 10.2. The van der Waals surface area contributed by atoms with Crippen molar-refractivity contribution >= 4 is 11.3 Å². The minimum Gasteiger partial charge on any atom is -0.305 e. The van der Waals surface area contributed by atoms with Crippen molar-refractivity contribution in [1.82, 2.24) is 15.3 Å². The predicted molar refractivity (Wildman–Crippen MR) is 66.3 cm³/mol. The molecule has 0 spiro atoms. The van der Waals surface area contributed by atoms with Crippen molar-refractivity contribution in [1.29, 1.82) is 0 Å². The van der Waals surface area contributed by atoms with Gasteiger partial charge in [0.15, 0.2) is 0 Å². The fourth-order valence-corrected chi connectivity index (χ4v) is 2.38. The molecule has 1 unspecified atom stereocenters. The molecule has 2 rings (SSSR count). The second-order valence-electron chi connectivity index (χ2n) is 3.80. The Morgan fingerprint density at radius 2 is 2.06 bits per heavy atom. The second-order valence-corrected chi connectivity index (χ2v) is 5.12. The van der Waals surface area contributed by atoms with Crippen LogP contribution in [0.5, 0.6) is 0 Å². The Morgan fingerprint density at radius 1 is 1.31 bits per heavy atom. The number of aromatic nitrogens is 2. The summed E-state index contributed by atoms with van der Waals surface area (Å²) in [6.07, 6.45) is 5.23. The predicted octanol–water partition coefficient (Wildman–Crippen LogP) is 2.70. The molecule has 0 aromatic carbocycles. The number of rotatable bonds is 4. The Morgan fingerprint density at radius 3 is 2.69 bits per heavy atom. The van der Waals surface area contributed by atoms with Gasteiger partial charge in [-0.15, -0.1) is 11.3 Å². The van der Waals surface area contributed by atoms with Crippen LogP contribution in [0, 0.1) is 6.92 Å². The van der Waals surface area contributed by atoms with E-state index in [1.807, 2.05) is 23.7 Å². The molecule has 0 aliphatic heterocycles. The van der Waals surface area contributed by atoms with E-state index in [1.54, 1.807) is 6.33 Å². The van der Waals surface area contributed by atoms with E-state index in [-0.39, 0.29) is 0 Å². The SMILES string of the molecule is Cc1ccc(C(C)NCc2cncnc2)s1. The highest BCUT2D eigenvalue weighted by Crippen LogP contribution is 2.22. The summed E-state index contributed by atoms with van der Waals surface area (Å²) in [7, 11) is 0. The van der Waals surface area contributed by atoms with E-state index in [2.05, 4.69) is 41.3 Å². The first kappa shape index (κ1) is 11.2. The maximum Gasteiger partial charge on any atom is 0.115 e. The second kappa shape index (κ2) is 5.18. The molecule has 0 aliphatic carbocycles. The molecule has 4 heteroatoms. The van der Waals surface area contributed by atoms with E-state index in [1.165, 1.54) is 9.75 Å². The smallest absolute Gasteiger partial charge is 0.115 e. The molecule has 0 saturated carbocycles. The summed E-state index contributed by atoms with van der Waals surface area (Å²) < 4.78 is 0. The van der Waals surface area contributed by atoms with Gasteiger partial charge in [0.05, 0.1) is 0 Å². The largest absolute Gasteiger partial charge is 0.305 e. The van der Waals surface area contributed by atoms with Crippen LogP contribution in [0.25, 0.3) is 0 Å². The van der Waals surface area contributed by atoms with Crippen LogP contribution in [0.2, 0.25) is 0 Å². The Labute approximate surface area is 99.6 Å². The summed E-state index contributed by atoms with van der Waals surface area (Å²) in [6, 6.07) is 4.71. The van der Waals surface area contributed by atoms with Crippen LogP contribution in [-0.4, -0.2) is 9.97 Å². The highest BCUT2D eigenvalue weighted by Gasteiger charge is 2.06. The number of aryl methyl sites for hydroxylation is 1. The van der Waals surface area contributed by atoms with Gasteiger partial charge in [-0.05, 0) is 26.0 Å². The Kier molecular flexibility index (Phi) is 3.64. The molecule has 1 N–H and O–H groups in total. The van der Waals surface area contributed by atoms with Gasteiger partial charge >= 0.3 is 0 Å². The molecule has 0 radical (unpaired) electrons. The molecular formula is C12H15N3S. The van der Waals surface area contributed by atoms with Gasteiger partial charge in [-0.2, -0.15) is 0 Å². The van der Waals surface area contributed by atoms with Crippen LogP contribution in [0.4, 0.5) is 0 Å². The zero-order chi connectivity index (χ0) is 11.4. The number of hydrogen-bond donors (Lipinski definition) is 1. The van der Waals surface area contributed by atoms with Crippen molar-refractivity contribution in [2.24, 2.45) is 0 Å². The fourth-order valence-electron chi connectivity index (χ4n) is 1.48. The molecule has 16 heavy (non-hydrogen) atoms. The van der Waals surface area contributed by atoms with Gasteiger partial charge in [-0.1, -0.05) is 0 Å². The van der Waals surface area contributed by atoms with E-state index in [4.69, 9.17) is 0 Å². The number of nitrogens with zero attached hydrogens (tertiary/aromatic N) is 2. The Bertz CT molecular complexity index is 439. The van der Waals surface area contributed by atoms with Crippen LogP contribution in [0.3, 0.4) is 0 Å². The van der Waals surface area contributed by atoms with Crippen LogP contribution >= 0.6 is 11.3 Å². The van der Waals surface area contributed by atoms with Gasteiger partial charge in [-0.25, -0.2) is 9.97 Å². The summed E-state index contributed by atoms with van der Waals surface area (Å²) in [4.78, 5) is 10.7. The molecule has 3 nitrogen and oxygen atoms in total. The average Bonchev–Trinajstić information content (AvgIpc) is 2.74. The third kappa shape index (κ3) is 2.87. The van der Waals surface area contributed by atoms with Crippen LogP contribution in [-0.2, 0) is 6.54 Å². The zero-order valence-electron chi connectivity index (χ0n) is 9.47. The van der Waals surface area contributed by atoms with E-state index in [9.17, 15) is 0 Å². The number of hydrogen-bond acceptors (Lipinski definition) is 4. The summed E-state index contributed by atoms with van der Waals surface area (Å²) >= 11 is 1.84. The zero-order valence-corrected chi connectivity index (χ0v) is 10.3. The van der Waals surface area contributed by atoms with Crippen molar-refractivity contribution in [3.8, 4) is 0 Å². The van der Waals surface area contributed by atoms with Crippen LogP contribution in [0.15, 0.2) is 30.9 Å². The summed E-state index contributed by atoms with van der Waals surface area (Å²) in [6.45, 7) is 5.11. The van der Waals surface area contributed by atoms with Crippen molar-refractivity contribution in [3.63, 3.8) is 0 Å². The average molecular weight is 233 g/mol. The lowest BCUT2D eigenvalue weighted by Gasteiger charge is -2.11. The normalized spacial score (nSPS) is 12.6. The lowest BCUT2D eigenvalue weighted by molar-refractivity contribution is 0.581. The first-order valence-electron chi connectivity index (χ1n) is 5.29. The third-order valence-electron chi connectivity index (χ3n) is 2.41. The highest BCUT2D eigenvalue weighted by atomic mass is 32.1. The van der Waals surface area contributed by atoms with Gasteiger partial charge in [-0.3, -0.25) is 0 Å². The number of nitrogens with one attached hydrogen (secondary N) is 1. The number of thiophene rings is 1. The van der Waals surface area contributed by atoms with Crippen LogP contribution < -0.4 is 5.32 Å². The molecular weight excluding hydrogens is 218 g/mol. The van der Waals surface area contributed by atoms with Crippen LogP contribution in [0.1, 0.15) is 28.3 Å². The third-order valence-corrected chi connectivity index (χ3v) is 3.60. The Hall–Kier alpha value is -1.26. The topological polar surface area (TPSA) is 37.8 Å². The monoisotopic (exact) mass is 233 g/mol. The molecule has 0 saturated heterocycles. The van der Waals surface area contributed by atoms with Crippen molar-refractivity contribution in [2.75, 3.05) is 0 Å². The molecule has 0 bridgehead atoms. The Balaban J connectivity index is 1.91. The fraction of sp³-hybridized carbons (Fsp3) is 0.333. The summed E-state index contributed by atoms with van der Waals surface area (Å²) in [5, 5.41) is 3.46. The van der Waals surface area contributed by atoms with Gasteiger partial charge in [0, 0.05) is 40.3 Å². The first-order valence-corrected chi connectivity index (χ1v) is 6.11. The molecule has 0 aliphatic rings. The maximum atomic E-state index is 3.99. The molecule has 0 amide bonds. The van der Waals surface area contributed by atoms with Crippen molar-refractivity contribution < 1.29 is 0 Å². The van der Waals surface area contributed by atoms with Crippen molar-refractivity contribution in [3.05, 3.63) is 46.2 Å². The first-order chi connectivity index (χ1) is 7.75. The summed E-state index contributed by atoms with van der Waals surface area (Å²) in [5.41, 5.74) is 1.11. The lowest BCUT2D eigenvalue weighted by Crippen LogP contribution is -2.17. The molecule has 84 valence electrons. The maximum absolute atomic E-state index is 3.99. The van der Waals surface area contributed by atoms with Gasteiger partial charge in [0.2, 0.25) is 0 Å². The van der Waals surface area contributed by atoms with Gasteiger partial charge < -0.3 is 5.32 Å². The molecule has 0 fully saturated rings. The molecule has 2 aromatic heterocycles. The van der Waals surface area contributed by atoms with E-state index in [0.29, 0.717) is 6.04 Å². The highest BCUT2D eigenvalue weighted by molar-refractivity contribution is 7.12. The minimum absolute atomic E-state index is 0.374. The van der Waals surface area contributed by atoms with Crippen molar-refractivity contribution in [2.45, 2.75) is 26.4 Å². The summed E-state index contributed by atoms with van der Waals surface area (Å²) in [5.74, 6) is 0. The standard InChI is InChI=1S/C12H15N3S/c1-9-3-4-12(16-9)10(2)15-7-11-5-13-8-14-6-11/h3-6,8,10,15H,7H2,1-2H3. The molecule has 2 aromatic rings. The molecule has 1 atom stereocenters. The van der Waals surface area contributed by atoms with E-state index < -0.39 is 0 Å². The van der Waals surface area contributed by atoms with Gasteiger partial charge in [0.1, 0.15) is 6.33 Å².